The van der Waals surface area contributed by atoms with Crippen LogP contribution in [-0.4, -0.2) is 46.6 Å². The minimum atomic E-state index is -0.280. The van der Waals surface area contributed by atoms with Crippen LogP contribution < -0.4 is 5.32 Å². The van der Waals surface area contributed by atoms with Gasteiger partial charge in [0, 0.05) is 24.8 Å². The lowest BCUT2D eigenvalue weighted by Crippen LogP contribution is -2.23. The fourth-order valence-corrected chi connectivity index (χ4v) is 3.94. The second-order valence-electron chi connectivity index (χ2n) is 7.92. The van der Waals surface area contributed by atoms with Gasteiger partial charge in [0.15, 0.2) is 0 Å². The fraction of sp³-hybridized carbons (Fsp3) is 0.160. The maximum atomic E-state index is 13.5. The molecule has 0 saturated carbocycles. The van der Waals surface area contributed by atoms with Gasteiger partial charge in [-0.05, 0) is 72.3 Å². The minimum Gasteiger partial charge on any atom is -0.358 e. The molecule has 1 amide bonds. The number of aryl methyl sites for hydroxylation is 1. The normalized spacial score (nSPS) is 13.5. The number of halogens is 1. The molecule has 1 aliphatic heterocycles. The van der Waals surface area contributed by atoms with E-state index in [4.69, 9.17) is 0 Å². The molecule has 0 bridgehead atoms. The van der Waals surface area contributed by atoms with E-state index in [-0.39, 0.29) is 11.7 Å². The predicted octanol–water partition coefficient (Wildman–Crippen LogP) is 4.42. The molecule has 0 fully saturated rings. The molecule has 0 saturated heterocycles. The summed E-state index contributed by atoms with van der Waals surface area (Å²) in [5, 5.41) is 9.12. The molecule has 1 N–H and O–H groups in total. The molecule has 1 aromatic heterocycles. The van der Waals surface area contributed by atoms with Crippen LogP contribution in [0.3, 0.4) is 0 Å². The molecule has 3 aromatic carbocycles. The summed E-state index contributed by atoms with van der Waals surface area (Å²) in [4.78, 5) is 19.7. The Morgan fingerprint density at radius 3 is 2.50 bits per heavy atom. The third kappa shape index (κ3) is 3.73. The van der Waals surface area contributed by atoms with Crippen molar-refractivity contribution >= 4 is 28.2 Å². The zero-order valence-corrected chi connectivity index (χ0v) is 17.8. The number of amides is 1. The number of benzene rings is 3. The number of anilines is 1. The maximum absolute atomic E-state index is 13.5. The number of hydrogen-bond donors (Lipinski definition) is 1. The van der Waals surface area contributed by atoms with Crippen molar-refractivity contribution in [3.8, 4) is 5.69 Å². The lowest BCUT2D eigenvalue weighted by atomic mass is 10.1. The lowest BCUT2D eigenvalue weighted by molar-refractivity contribution is 0.101. The minimum absolute atomic E-state index is 0.257. The molecular formula is C25H22FN5O. The Morgan fingerprint density at radius 1 is 1.00 bits per heavy atom. The van der Waals surface area contributed by atoms with Gasteiger partial charge < -0.3 is 10.2 Å². The van der Waals surface area contributed by atoms with Crippen molar-refractivity contribution in [3.05, 3.63) is 89.5 Å². The Morgan fingerprint density at radius 2 is 1.75 bits per heavy atom. The summed E-state index contributed by atoms with van der Waals surface area (Å²) in [5.41, 5.74) is 3.61. The molecule has 32 heavy (non-hydrogen) atoms. The number of carbonyl (C=O) groups is 1. The molecule has 2 heterocycles. The predicted molar refractivity (Wildman–Crippen MR) is 124 cm³/mol. The highest BCUT2D eigenvalue weighted by molar-refractivity contribution is 6.04. The molecule has 160 valence electrons. The number of likely N-dealkylation sites (N-methyl/N-ethyl adjacent to an activating group) is 1. The first-order chi connectivity index (χ1) is 15.5. The van der Waals surface area contributed by atoms with E-state index in [0.717, 1.165) is 46.6 Å². The third-order valence-corrected chi connectivity index (χ3v) is 5.55. The van der Waals surface area contributed by atoms with E-state index in [1.165, 1.54) is 12.1 Å². The Hall–Kier alpha value is -4.00. The molecule has 0 radical (unpaired) electrons. The second kappa shape index (κ2) is 7.92. The molecule has 5 rings (SSSR count). The van der Waals surface area contributed by atoms with Gasteiger partial charge in [-0.1, -0.05) is 12.1 Å². The van der Waals surface area contributed by atoms with E-state index < -0.39 is 0 Å². The molecule has 4 aromatic rings. The van der Waals surface area contributed by atoms with Crippen molar-refractivity contribution in [1.29, 1.82) is 0 Å². The average molecular weight is 427 g/mol. The van der Waals surface area contributed by atoms with Crippen LogP contribution in [0.5, 0.6) is 0 Å². The fourth-order valence-electron chi connectivity index (χ4n) is 3.94. The van der Waals surface area contributed by atoms with Crippen LogP contribution in [0.25, 0.3) is 16.5 Å². The summed E-state index contributed by atoms with van der Waals surface area (Å²) in [6, 6.07) is 19.6. The van der Waals surface area contributed by atoms with Gasteiger partial charge in [-0.3, -0.25) is 9.79 Å². The molecule has 0 spiro atoms. The third-order valence-electron chi connectivity index (χ3n) is 5.55. The molecule has 7 heteroatoms. The Bertz CT molecular complexity index is 1360. The quantitative estimate of drug-likeness (QED) is 0.525. The number of nitrogens with one attached hydrogen (secondary N) is 1. The average Bonchev–Trinajstić information content (AvgIpc) is 3.39. The maximum Gasteiger partial charge on any atom is 0.274 e. The van der Waals surface area contributed by atoms with Gasteiger partial charge in [0.25, 0.3) is 5.91 Å². The summed E-state index contributed by atoms with van der Waals surface area (Å²) in [5.74, 6) is 0.429. The van der Waals surface area contributed by atoms with Crippen LogP contribution >= 0.6 is 0 Å². The highest BCUT2D eigenvalue weighted by atomic mass is 19.1. The highest BCUT2D eigenvalue weighted by Gasteiger charge is 2.17. The largest absolute Gasteiger partial charge is 0.358 e. The first-order valence-electron chi connectivity index (χ1n) is 10.4. The van der Waals surface area contributed by atoms with Crippen molar-refractivity contribution in [2.45, 2.75) is 6.92 Å². The summed E-state index contributed by atoms with van der Waals surface area (Å²) in [6.07, 6.45) is 0. The number of carbonyl (C=O) groups excluding carboxylic acids is 1. The van der Waals surface area contributed by atoms with E-state index in [9.17, 15) is 9.18 Å². The van der Waals surface area contributed by atoms with Crippen molar-refractivity contribution < 1.29 is 9.18 Å². The monoisotopic (exact) mass is 427 g/mol. The Kier molecular flexibility index (Phi) is 4.93. The Labute approximate surface area is 185 Å². The number of hydrogen-bond acceptors (Lipinski definition) is 4. The van der Waals surface area contributed by atoms with Gasteiger partial charge >= 0.3 is 0 Å². The van der Waals surface area contributed by atoms with Crippen LogP contribution in [0.2, 0.25) is 0 Å². The number of amidine groups is 1. The van der Waals surface area contributed by atoms with E-state index >= 15 is 0 Å². The van der Waals surface area contributed by atoms with Gasteiger partial charge in [-0.2, -0.15) is 5.10 Å². The number of nitrogens with zero attached hydrogens (tertiary/aromatic N) is 4. The van der Waals surface area contributed by atoms with Gasteiger partial charge in [0.2, 0.25) is 0 Å². The SMILES string of the molecule is Cc1cc(C(=O)Nc2ccc(C3=NCCN3C)cc2)n(-c2ccc3cc(F)ccc3c2)n1. The van der Waals surface area contributed by atoms with Crippen molar-refractivity contribution in [2.75, 3.05) is 25.5 Å². The molecular weight excluding hydrogens is 405 g/mol. The van der Waals surface area contributed by atoms with E-state index in [2.05, 4.69) is 20.3 Å². The van der Waals surface area contributed by atoms with Crippen molar-refractivity contribution in [1.82, 2.24) is 14.7 Å². The lowest BCUT2D eigenvalue weighted by Gasteiger charge is -2.14. The summed E-state index contributed by atoms with van der Waals surface area (Å²) in [7, 11) is 2.02. The smallest absolute Gasteiger partial charge is 0.274 e. The molecule has 0 atom stereocenters. The molecule has 1 aliphatic rings. The van der Waals surface area contributed by atoms with Gasteiger partial charge in [0.05, 0.1) is 17.9 Å². The van der Waals surface area contributed by atoms with Crippen molar-refractivity contribution in [2.24, 2.45) is 4.99 Å². The standard InChI is InChI=1S/C25H22FN5O/c1-16-13-23(31(29-16)22-10-6-18-14-20(26)7-3-19(18)15-22)25(32)28-21-8-4-17(5-9-21)24-27-11-12-30(24)2/h3-10,13-15H,11-12H2,1-2H3,(H,28,32). The second-order valence-corrected chi connectivity index (χ2v) is 7.92. The number of aliphatic imine (C=N–C) groups is 1. The number of fused-ring (bicyclic) bond motifs is 1. The van der Waals surface area contributed by atoms with Crippen LogP contribution in [0, 0.1) is 12.7 Å². The van der Waals surface area contributed by atoms with Crippen LogP contribution in [0.15, 0.2) is 71.7 Å². The van der Waals surface area contributed by atoms with Crippen molar-refractivity contribution in [3.63, 3.8) is 0 Å². The summed E-state index contributed by atoms with van der Waals surface area (Å²) in [6.45, 7) is 3.57. The topological polar surface area (TPSA) is 62.5 Å². The molecule has 6 nitrogen and oxygen atoms in total. The van der Waals surface area contributed by atoms with E-state index in [0.29, 0.717) is 11.4 Å². The molecule has 0 unspecified atom stereocenters. The van der Waals surface area contributed by atoms with E-state index in [1.54, 1.807) is 16.8 Å². The summed E-state index contributed by atoms with van der Waals surface area (Å²) >= 11 is 0. The first-order valence-corrected chi connectivity index (χ1v) is 10.4. The summed E-state index contributed by atoms with van der Waals surface area (Å²) < 4.78 is 15.1. The number of rotatable bonds is 4. The zero-order chi connectivity index (χ0) is 22.2. The molecule has 0 aliphatic carbocycles. The zero-order valence-electron chi connectivity index (χ0n) is 17.8. The van der Waals surface area contributed by atoms with Crippen LogP contribution in [0.4, 0.5) is 10.1 Å². The van der Waals surface area contributed by atoms with Gasteiger partial charge in [0.1, 0.15) is 17.3 Å². The van der Waals surface area contributed by atoms with E-state index in [1.807, 2.05) is 56.4 Å². The van der Waals surface area contributed by atoms with Crippen LogP contribution in [0.1, 0.15) is 21.7 Å². The first kappa shape index (κ1) is 19.9. The van der Waals surface area contributed by atoms with Gasteiger partial charge in [-0.25, -0.2) is 9.07 Å². The Balaban J connectivity index is 1.41. The highest BCUT2D eigenvalue weighted by Crippen LogP contribution is 2.22. The van der Waals surface area contributed by atoms with Gasteiger partial charge in [-0.15, -0.1) is 0 Å². The van der Waals surface area contributed by atoms with Crippen LogP contribution in [-0.2, 0) is 0 Å². The number of aromatic nitrogens is 2.